The first-order valence-electron chi connectivity index (χ1n) is 12.1. The zero-order valence-electron chi connectivity index (χ0n) is 20.2. The fourth-order valence-corrected chi connectivity index (χ4v) is 5.61. The predicted octanol–water partition coefficient (Wildman–Crippen LogP) is 3.63. The van der Waals surface area contributed by atoms with E-state index in [9.17, 15) is 21.4 Å². The summed E-state index contributed by atoms with van der Waals surface area (Å²) in [4.78, 5) is -0.338. The van der Waals surface area contributed by atoms with Crippen LogP contribution in [0.4, 0.5) is 0 Å². The molecule has 0 fully saturated rings. The summed E-state index contributed by atoms with van der Waals surface area (Å²) in [7, 11) is -7.99. The Morgan fingerprint density at radius 2 is 0.875 bits per heavy atom. The van der Waals surface area contributed by atoms with E-state index in [1.807, 2.05) is 0 Å². The van der Waals surface area contributed by atoms with Gasteiger partial charge in [-0.25, -0.2) is 16.8 Å². The van der Waals surface area contributed by atoms with E-state index in [2.05, 4.69) is 6.92 Å². The molecule has 32 heavy (non-hydrogen) atoms. The van der Waals surface area contributed by atoms with Gasteiger partial charge in [0.1, 0.15) is 10.1 Å². The number of benzene rings is 1. The molecule has 0 saturated carbocycles. The summed E-state index contributed by atoms with van der Waals surface area (Å²) in [5.41, 5.74) is 0. The van der Waals surface area contributed by atoms with Gasteiger partial charge in [-0.15, -0.1) is 0 Å². The van der Waals surface area contributed by atoms with Gasteiger partial charge in [0.2, 0.25) is 0 Å². The normalized spacial score (nSPS) is 11.9. The molecule has 0 aliphatic carbocycles. The molecule has 0 heterocycles. The third-order valence-corrected chi connectivity index (χ3v) is 8.40. The smallest absolute Gasteiger partial charge is 0.744 e. The van der Waals surface area contributed by atoms with E-state index in [0.29, 0.717) is 6.42 Å². The fourth-order valence-electron chi connectivity index (χ4n) is 3.77. The van der Waals surface area contributed by atoms with E-state index in [1.165, 1.54) is 89.2 Å². The minimum absolute atomic E-state index is 0. The first-order chi connectivity index (χ1) is 14.8. The summed E-state index contributed by atoms with van der Waals surface area (Å²) >= 11 is 0. The summed E-state index contributed by atoms with van der Waals surface area (Å²) in [5.74, 6) is 0.0505. The number of hydrogen-bond donors (Lipinski definition) is 0. The van der Waals surface area contributed by atoms with E-state index in [0.717, 1.165) is 31.4 Å². The van der Waals surface area contributed by atoms with Crippen molar-refractivity contribution >= 4 is 20.0 Å². The molecule has 1 aromatic rings. The number of hydrogen-bond acceptors (Lipinski definition) is 5. The van der Waals surface area contributed by atoms with Crippen molar-refractivity contribution in [2.45, 2.75) is 119 Å². The molecule has 1 rings (SSSR count). The van der Waals surface area contributed by atoms with Gasteiger partial charge in [0.05, 0.1) is 15.5 Å². The molecule has 180 valence electrons. The molecule has 0 spiro atoms. The second-order valence-electron chi connectivity index (χ2n) is 8.55. The van der Waals surface area contributed by atoms with Gasteiger partial charge in [-0.2, -0.15) is 0 Å². The molecule has 8 heteroatoms. The fraction of sp³-hybridized carbons (Fsp3) is 0.750. The van der Waals surface area contributed by atoms with E-state index < -0.39 is 24.9 Å². The van der Waals surface area contributed by atoms with Crippen molar-refractivity contribution in [1.29, 1.82) is 0 Å². The van der Waals surface area contributed by atoms with Crippen LogP contribution in [0.2, 0.25) is 0 Å². The minimum Gasteiger partial charge on any atom is -0.744 e. The van der Waals surface area contributed by atoms with Crippen LogP contribution in [-0.2, 0) is 20.0 Å². The van der Waals surface area contributed by atoms with Gasteiger partial charge in [0, 0.05) is 0 Å². The molecule has 5 nitrogen and oxygen atoms in total. The number of sulfone groups is 1. The SMILES string of the molecule is CCCCCCCCCCCCCCCCCCS(=O)(=O)c1ccc(S(=O)(=O)[O-])cc1.[Na+]. The largest absolute Gasteiger partial charge is 1.00 e. The van der Waals surface area contributed by atoms with Crippen molar-refractivity contribution in [2.24, 2.45) is 0 Å². The molecule has 0 N–H and O–H groups in total. The number of unbranched alkanes of at least 4 members (excludes halogenated alkanes) is 15. The number of rotatable bonds is 19. The van der Waals surface area contributed by atoms with E-state index in [-0.39, 0.29) is 40.2 Å². The molecule has 0 amide bonds. The van der Waals surface area contributed by atoms with Gasteiger partial charge in [0.25, 0.3) is 0 Å². The van der Waals surface area contributed by atoms with E-state index in [4.69, 9.17) is 0 Å². The van der Waals surface area contributed by atoms with Crippen LogP contribution < -0.4 is 29.6 Å². The van der Waals surface area contributed by atoms with Crippen molar-refractivity contribution < 1.29 is 50.9 Å². The van der Waals surface area contributed by atoms with Gasteiger partial charge in [-0.3, -0.25) is 0 Å². The second kappa shape index (κ2) is 18.4. The average Bonchev–Trinajstić information content (AvgIpc) is 2.73. The van der Waals surface area contributed by atoms with Crippen molar-refractivity contribution in [2.75, 3.05) is 5.75 Å². The Labute approximate surface area is 219 Å². The van der Waals surface area contributed by atoms with Gasteiger partial charge in [0.15, 0.2) is 9.84 Å². The Bertz CT molecular complexity index is 790. The zero-order valence-corrected chi connectivity index (χ0v) is 23.8. The maximum atomic E-state index is 12.3. The Morgan fingerprint density at radius 3 is 1.22 bits per heavy atom. The van der Waals surface area contributed by atoms with Crippen LogP contribution in [0, 0.1) is 0 Å². The molecule has 0 aromatic heterocycles. The standard InChI is InChI=1S/C24H42O5S2.Na/c1-2-3-4-5-6-7-8-9-10-11-12-13-14-15-16-17-22-30(25,26)23-18-20-24(21-19-23)31(27,28)29;/h18-21H,2-17,22H2,1H3,(H,27,28,29);/q;+1/p-1. The third-order valence-electron chi connectivity index (χ3n) is 5.74. The van der Waals surface area contributed by atoms with Crippen molar-refractivity contribution in [3.8, 4) is 0 Å². The van der Waals surface area contributed by atoms with Gasteiger partial charge >= 0.3 is 29.6 Å². The van der Waals surface area contributed by atoms with Gasteiger partial charge in [-0.05, 0) is 30.7 Å². The molecular formula is C24H41NaO5S2. The van der Waals surface area contributed by atoms with E-state index >= 15 is 0 Å². The molecule has 0 bridgehead atoms. The molecule has 0 atom stereocenters. The van der Waals surface area contributed by atoms with Crippen LogP contribution in [0.3, 0.4) is 0 Å². The Kier molecular flexibility index (Phi) is 18.5. The predicted molar refractivity (Wildman–Crippen MR) is 126 cm³/mol. The summed E-state index contributed by atoms with van der Waals surface area (Å²) < 4.78 is 57.4. The van der Waals surface area contributed by atoms with Crippen LogP contribution in [0.15, 0.2) is 34.1 Å². The van der Waals surface area contributed by atoms with Crippen molar-refractivity contribution in [3.63, 3.8) is 0 Å². The average molecular weight is 497 g/mol. The van der Waals surface area contributed by atoms with Gasteiger partial charge in [-0.1, -0.05) is 103 Å². The van der Waals surface area contributed by atoms with Crippen LogP contribution in [0.25, 0.3) is 0 Å². The topological polar surface area (TPSA) is 91.3 Å². The van der Waals surface area contributed by atoms with Crippen molar-refractivity contribution in [1.82, 2.24) is 0 Å². The summed E-state index contributed by atoms with van der Waals surface area (Å²) in [6.07, 6.45) is 19.8. The Balaban J connectivity index is 0.00000961. The van der Waals surface area contributed by atoms with E-state index in [1.54, 1.807) is 0 Å². The molecule has 0 aliphatic rings. The third kappa shape index (κ3) is 15.1. The first-order valence-corrected chi connectivity index (χ1v) is 15.1. The molecule has 0 saturated heterocycles. The molecule has 0 aliphatic heterocycles. The molecule has 0 unspecified atom stereocenters. The first kappa shape index (κ1) is 32.1. The Morgan fingerprint density at radius 1 is 0.562 bits per heavy atom. The molecule has 1 aromatic carbocycles. The van der Waals surface area contributed by atoms with Crippen LogP contribution >= 0.6 is 0 Å². The van der Waals surface area contributed by atoms with Crippen molar-refractivity contribution in [3.05, 3.63) is 24.3 Å². The summed E-state index contributed by atoms with van der Waals surface area (Å²) in [6.45, 7) is 2.25. The summed E-state index contributed by atoms with van der Waals surface area (Å²) in [6, 6.07) is 4.52. The van der Waals surface area contributed by atoms with Crippen LogP contribution in [-0.4, -0.2) is 27.1 Å². The Hall–Kier alpha value is 0.0800. The molecular weight excluding hydrogens is 455 g/mol. The van der Waals surface area contributed by atoms with Crippen LogP contribution in [0.1, 0.15) is 110 Å². The van der Waals surface area contributed by atoms with Gasteiger partial charge < -0.3 is 4.55 Å². The summed E-state index contributed by atoms with van der Waals surface area (Å²) in [5, 5.41) is 0. The maximum absolute atomic E-state index is 12.3. The zero-order chi connectivity index (χ0) is 23.0. The monoisotopic (exact) mass is 496 g/mol. The quantitative estimate of drug-likeness (QED) is 0.166. The second-order valence-corrected chi connectivity index (χ2v) is 12.0. The maximum Gasteiger partial charge on any atom is 1.00 e. The minimum atomic E-state index is -4.55. The molecule has 0 radical (unpaired) electrons. The van der Waals surface area contributed by atoms with Crippen LogP contribution in [0.5, 0.6) is 0 Å².